The van der Waals surface area contributed by atoms with Gasteiger partial charge in [-0.05, 0) is 54.5 Å². The molecule has 8 nitrogen and oxygen atoms in total. The Morgan fingerprint density at radius 1 is 1.22 bits per heavy atom. The van der Waals surface area contributed by atoms with Gasteiger partial charge >= 0.3 is 5.97 Å². The molecule has 1 atom stereocenters. The standard InChI is InChI=1S/C22H20N2O6S2/c1-3-16(21(27)28)30-14-10-8-13(9-11-14)12-18-20(26)24(22(31)32-18)23-19(25)15-6-4-5-7-17(15)29-2/h4-12,16H,3H2,1-2H3,(H,23,25)(H,27,28)/b18-12+. The van der Waals surface area contributed by atoms with Crippen LogP contribution in [0.15, 0.2) is 53.4 Å². The predicted octanol–water partition coefficient (Wildman–Crippen LogP) is 3.48. The fourth-order valence-electron chi connectivity index (χ4n) is 2.82. The largest absolute Gasteiger partial charge is 0.496 e. The van der Waals surface area contributed by atoms with Gasteiger partial charge in [-0.2, -0.15) is 5.01 Å². The summed E-state index contributed by atoms with van der Waals surface area (Å²) in [5.41, 5.74) is 3.48. The SMILES string of the molecule is CCC(Oc1ccc(/C=C2/SC(=S)N(NC(=O)c3ccccc3OC)C2=O)cc1)C(=O)O. The first kappa shape index (κ1) is 23.3. The van der Waals surface area contributed by atoms with Gasteiger partial charge in [-0.15, -0.1) is 0 Å². The average Bonchev–Trinajstić information content (AvgIpc) is 3.05. The summed E-state index contributed by atoms with van der Waals surface area (Å²) in [7, 11) is 1.45. The Bertz CT molecular complexity index is 1080. The molecule has 0 radical (unpaired) electrons. The number of carboxylic acid groups (broad SMARTS) is 1. The molecule has 1 heterocycles. The van der Waals surface area contributed by atoms with Crippen molar-refractivity contribution in [3.8, 4) is 11.5 Å². The zero-order valence-corrected chi connectivity index (χ0v) is 18.9. The molecule has 3 rings (SSSR count). The average molecular weight is 473 g/mol. The van der Waals surface area contributed by atoms with Gasteiger partial charge in [0.2, 0.25) is 0 Å². The lowest BCUT2D eigenvalue weighted by molar-refractivity contribution is -0.145. The minimum atomic E-state index is -1.03. The predicted molar refractivity (Wildman–Crippen MR) is 124 cm³/mol. The molecule has 0 bridgehead atoms. The summed E-state index contributed by atoms with van der Waals surface area (Å²) in [6.45, 7) is 1.72. The van der Waals surface area contributed by atoms with Gasteiger partial charge < -0.3 is 14.6 Å². The Hall–Kier alpha value is -3.37. The van der Waals surface area contributed by atoms with Gasteiger partial charge in [-0.3, -0.25) is 15.0 Å². The number of hydrazine groups is 1. The van der Waals surface area contributed by atoms with Gasteiger partial charge in [-0.1, -0.05) is 43.0 Å². The minimum Gasteiger partial charge on any atom is -0.496 e. The quantitative estimate of drug-likeness (QED) is 0.444. The zero-order chi connectivity index (χ0) is 23.3. The topological polar surface area (TPSA) is 105 Å². The second-order valence-electron chi connectivity index (χ2n) is 6.58. The van der Waals surface area contributed by atoms with Crippen LogP contribution < -0.4 is 14.9 Å². The maximum atomic E-state index is 12.8. The minimum absolute atomic E-state index is 0.191. The molecule has 1 saturated heterocycles. The number of aliphatic carboxylic acids is 1. The smallest absolute Gasteiger partial charge is 0.344 e. The molecular formula is C22H20N2O6S2. The molecular weight excluding hydrogens is 452 g/mol. The maximum absolute atomic E-state index is 12.8. The second-order valence-corrected chi connectivity index (χ2v) is 8.26. The van der Waals surface area contributed by atoms with E-state index in [1.165, 1.54) is 7.11 Å². The number of thiocarbonyl (C=S) groups is 1. The number of hydrogen-bond donors (Lipinski definition) is 2. The number of carbonyl (C=O) groups is 3. The zero-order valence-electron chi connectivity index (χ0n) is 17.2. The Morgan fingerprint density at radius 2 is 1.91 bits per heavy atom. The lowest BCUT2D eigenvalue weighted by Gasteiger charge is -2.16. The fraction of sp³-hybridized carbons (Fsp3) is 0.182. The van der Waals surface area contributed by atoms with Crippen LogP contribution in [0.4, 0.5) is 0 Å². The Labute approximate surface area is 194 Å². The summed E-state index contributed by atoms with van der Waals surface area (Å²) >= 11 is 6.31. The molecule has 2 aromatic rings. The summed E-state index contributed by atoms with van der Waals surface area (Å²) in [6.07, 6.45) is 1.04. The van der Waals surface area contributed by atoms with E-state index in [9.17, 15) is 14.4 Å². The van der Waals surface area contributed by atoms with E-state index in [1.54, 1.807) is 61.5 Å². The number of ether oxygens (including phenoxy) is 2. The maximum Gasteiger partial charge on any atom is 0.344 e. The van der Waals surface area contributed by atoms with Crippen molar-refractivity contribution >= 4 is 52.2 Å². The normalized spacial score (nSPS) is 15.6. The highest BCUT2D eigenvalue weighted by Gasteiger charge is 2.34. The number of methoxy groups -OCH3 is 1. The first-order valence-electron chi connectivity index (χ1n) is 9.55. The molecule has 0 spiro atoms. The summed E-state index contributed by atoms with van der Waals surface area (Å²) in [6, 6.07) is 13.3. The molecule has 0 aromatic heterocycles. The lowest BCUT2D eigenvalue weighted by atomic mass is 10.2. The molecule has 2 amide bonds. The first-order chi connectivity index (χ1) is 15.3. The number of para-hydroxylation sites is 1. The number of nitrogens with one attached hydrogen (secondary N) is 1. The Balaban J connectivity index is 1.71. The number of benzene rings is 2. The summed E-state index contributed by atoms with van der Waals surface area (Å²) in [4.78, 5) is 36.8. The fourth-order valence-corrected chi connectivity index (χ4v) is 4.00. The van der Waals surface area contributed by atoms with Crippen molar-refractivity contribution in [3.05, 3.63) is 64.6 Å². The van der Waals surface area contributed by atoms with E-state index >= 15 is 0 Å². The van der Waals surface area contributed by atoms with E-state index in [1.807, 2.05) is 0 Å². The Morgan fingerprint density at radius 3 is 2.53 bits per heavy atom. The van der Waals surface area contributed by atoms with E-state index in [0.717, 1.165) is 16.8 Å². The van der Waals surface area contributed by atoms with Crippen LogP contribution in [-0.2, 0) is 9.59 Å². The van der Waals surface area contributed by atoms with E-state index in [4.69, 9.17) is 26.8 Å². The first-order valence-corrected chi connectivity index (χ1v) is 10.8. The van der Waals surface area contributed by atoms with Gasteiger partial charge in [0.25, 0.3) is 11.8 Å². The number of carboxylic acids is 1. The molecule has 2 N–H and O–H groups in total. The van der Waals surface area contributed by atoms with E-state index in [2.05, 4.69) is 5.43 Å². The summed E-state index contributed by atoms with van der Waals surface area (Å²) in [5, 5.41) is 10.1. The highest BCUT2D eigenvalue weighted by atomic mass is 32.2. The van der Waals surface area contributed by atoms with Crippen molar-refractivity contribution in [1.82, 2.24) is 10.4 Å². The lowest BCUT2D eigenvalue weighted by Crippen LogP contribution is -2.44. The van der Waals surface area contributed by atoms with Crippen LogP contribution in [0.1, 0.15) is 29.3 Å². The molecule has 166 valence electrons. The number of nitrogens with zero attached hydrogens (tertiary/aromatic N) is 1. The molecule has 0 saturated carbocycles. The summed E-state index contributed by atoms with van der Waals surface area (Å²) in [5.74, 6) is -1.23. The van der Waals surface area contributed by atoms with Gasteiger partial charge in [0, 0.05) is 0 Å². The van der Waals surface area contributed by atoms with Crippen LogP contribution in [0.2, 0.25) is 0 Å². The van der Waals surface area contributed by atoms with E-state index in [0.29, 0.717) is 28.4 Å². The van der Waals surface area contributed by atoms with E-state index < -0.39 is 23.9 Å². The Kier molecular flexibility index (Phi) is 7.49. The number of amides is 2. The third-order valence-corrected chi connectivity index (χ3v) is 5.76. The monoisotopic (exact) mass is 472 g/mol. The molecule has 10 heteroatoms. The van der Waals surface area contributed by atoms with Gasteiger partial charge in [0.15, 0.2) is 10.4 Å². The summed E-state index contributed by atoms with van der Waals surface area (Å²) < 4.78 is 10.8. The van der Waals surface area contributed by atoms with Crippen molar-refractivity contribution in [2.45, 2.75) is 19.4 Å². The third kappa shape index (κ3) is 5.27. The molecule has 1 aliphatic heterocycles. The van der Waals surface area contributed by atoms with Crippen LogP contribution in [0, 0.1) is 0 Å². The molecule has 32 heavy (non-hydrogen) atoms. The van der Waals surface area contributed by atoms with Crippen molar-refractivity contribution in [2.24, 2.45) is 0 Å². The highest BCUT2D eigenvalue weighted by molar-refractivity contribution is 8.26. The van der Waals surface area contributed by atoms with Crippen LogP contribution >= 0.6 is 24.0 Å². The van der Waals surface area contributed by atoms with Gasteiger partial charge in [0.05, 0.1) is 17.6 Å². The number of carbonyl (C=O) groups excluding carboxylic acids is 2. The number of thioether (sulfide) groups is 1. The molecule has 0 aliphatic carbocycles. The molecule has 1 aliphatic rings. The van der Waals surface area contributed by atoms with Gasteiger partial charge in [-0.25, -0.2) is 4.79 Å². The molecule has 1 fully saturated rings. The highest BCUT2D eigenvalue weighted by Crippen LogP contribution is 2.32. The third-order valence-electron chi connectivity index (χ3n) is 4.46. The molecule has 2 aromatic carbocycles. The van der Waals surface area contributed by atoms with Crippen molar-refractivity contribution in [2.75, 3.05) is 7.11 Å². The number of hydrogen-bond acceptors (Lipinski definition) is 7. The van der Waals surface area contributed by atoms with Crippen molar-refractivity contribution in [1.29, 1.82) is 0 Å². The van der Waals surface area contributed by atoms with E-state index in [-0.39, 0.29) is 9.88 Å². The van der Waals surface area contributed by atoms with Crippen LogP contribution in [-0.4, -0.2) is 45.4 Å². The van der Waals surface area contributed by atoms with Crippen LogP contribution in [0.5, 0.6) is 11.5 Å². The molecule has 1 unspecified atom stereocenters. The van der Waals surface area contributed by atoms with Crippen molar-refractivity contribution in [3.63, 3.8) is 0 Å². The number of rotatable bonds is 8. The second kappa shape index (κ2) is 10.3. The van der Waals surface area contributed by atoms with Crippen LogP contribution in [0.3, 0.4) is 0 Å². The van der Waals surface area contributed by atoms with Crippen molar-refractivity contribution < 1.29 is 29.0 Å². The van der Waals surface area contributed by atoms with Crippen LogP contribution in [0.25, 0.3) is 6.08 Å². The van der Waals surface area contributed by atoms with Gasteiger partial charge in [0.1, 0.15) is 11.5 Å².